The number of rotatable bonds is 2. The Labute approximate surface area is 203 Å². The average molecular weight is 483 g/mol. The third-order valence-corrected chi connectivity index (χ3v) is 8.87. The molecule has 6 nitrogen and oxygen atoms in total. The smallest absolute Gasteiger partial charge is 0.234 e. The summed E-state index contributed by atoms with van der Waals surface area (Å²) in [5.74, 6) is 0.146. The van der Waals surface area contributed by atoms with Crippen LogP contribution in [-0.4, -0.2) is 30.9 Å². The first-order chi connectivity index (χ1) is 16.7. The predicted molar refractivity (Wildman–Crippen MR) is 134 cm³/mol. The highest BCUT2D eigenvalue weighted by Gasteiger charge is 2.32. The summed E-state index contributed by atoms with van der Waals surface area (Å²) in [4.78, 5) is 35.2. The van der Waals surface area contributed by atoms with E-state index in [9.17, 15) is 9.59 Å². The van der Waals surface area contributed by atoms with Crippen molar-refractivity contribution in [1.29, 1.82) is 0 Å². The Kier molecular flexibility index (Phi) is 4.47. The van der Waals surface area contributed by atoms with Gasteiger partial charge in [-0.15, -0.1) is 0 Å². The summed E-state index contributed by atoms with van der Waals surface area (Å²) in [7, 11) is 0. The van der Waals surface area contributed by atoms with Gasteiger partial charge in [-0.1, -0.05) is 72.1 Å². The zero-order chi connectivity index (χ0) is 22.8. The third kappa shape index (κ3) is 3.05. The number of imidazole rings is 2. The molecule has 0 aliphatic carbocycles. The molecule has 0 spiro atoms. The minimum absolute atomic E-state index is 0.0238. The van der Waals surface area contributed by atoms with E-state index in [1.807, 2.05) is 48.5 Å². The van der Waals surface area contributed by atoms with Crippen LogP contribution in [0.25, 0.3) is 22.1 Å². The Hall–Kier alpha value is -3.36. The summed E-state index contributed by atoms with van der Waals surface area (Å²) >= 11 is 3.27. The summed E-state index contributed by atoms with van der Waals surface area (Å²) < 4.78 is 3.47. The highest BCUT2D eigenvalue weighted by Crippen LogP contribution is 2.45. The number of carbonyl (C=O) groups is 2. The number of nitrogens with zero attached hydrogens (tertiary/aromatic N) is 4. The largest absolute Gasteiger partial charge is 0.274 e. The number of carbonyl (C=O) groups excluding carboxylic acids is 2. The van der Waals surface area contributed by atoms with Gasteiger partial charge in [0.05, 0.1) is 22.1 Å². The number of thioether (sulfide) groups is 2. The van der Waals surface area contributed by atoms with Crippen LogP contribution in [0.3, 0.4) is 0 Å². The van der Waals surface area contributed by atoms with Crippen molar-refractivity contribution in [3.05, 3.63) is 83.9 Å². The quantitative estimate of drug-likeness (QED) is 0.301. The van der Waals surface area contributed by atoms with Crippen LogP contribution in [0.2, 0.25) is 0 Å². The molecule has 7 rings (SSSR count). The molecule has 2 aliphatic heterocycles. The van der Waals surface area contributed by atoms with Gasteiger partial charge >= 0.3 is 0 Å². The standard InChI is InChI=1S/C26H18N4O2S2/c31-23-13-21(33-25-27-17-5-1-3-7-19(17)29(23)25)15-9-11-16(12-10-15)22-14-24(32)30-20-8-4-2-6-18(20)28-26(30)34-22/h1-12,21-22H,13-14H2. The molecule has 0 bridgehead atoms. The summed E-state index contributed by atoms with van der Waals surface area (Å²) in [5, 5.41) is 1.55. The van der Waals surface area contributed by atoms with Crippen molar-refractivity contribution in [1.82, 2.24) is 19.1 Å². The maximum atomic E-state index is 12.9. The lowest BCUT2D eigenvalue weighted by molar-refractivity contribution is 0.0883. The van der Waals surface area contributed by atoms with Crippen LogP contribution in [0.5, 0.6) is 0 Å². The van der Waals surface area contributed by atoms with E-state index in [-0.39, 0.29) is 22.3 Å². The molecule has 2 aromatic heterocycles. The molecule has 0 radical (unpaired) electrons. The molecule has 2 unspecified atom stereocenters. The monoisotopic (exact) mass is 482 g/mol. The van der Waals surface area contributed by atoms with Crippen LogP contribution in [0.4, 0.5) is 0 Å². The van der Waals surface area contributed by atoms with Gasteiger partial charge in [0.2, 0.25) is 11.8 Å². The lowest BCUT2D eigenvalue weighted by atomic mass is 10.0. The van der Waals surface area contributed by atoms with E-state index in [1.54, 1.807) is 32.7 Å². The predicted octanol–water partition coefficient (Wildman–Crippen LogP) is 6.14. The van der Waals surface area contributed by atoms with Gasteiger partial charge in [-0.25, -0.2) is 9.97 Å². The number of hydrogen-bond donors (Lipinski definition) is 0. The van der Waals surface area contributed by atoms with Crippen LogP contribution in [0.1, 0.15) is 44.1 Å². The van der Waals surface area contributed by atoms with Crippen molar-refractivity contribution >= 4 is 57.4 Å². The Morgan fingerprint density at radius 3 is 1.47 bits per heavy atom. The molecule has 0 saturated heterocycles. The molecule has 2 atom stereocenters. The van der Waals surface area contributed by atoms with E-state index in [2.05, 4.69) is 34.2 Å². The van der Waals surface area contributed by atoms with Crippen molar-refractivity contribution in [2.75, 3.05) is 0 Å². The lowest BCUT2D eigenvalue weighted by Gasteiger charge is -2.24. The first kappa shape index (κ1) is 20.1. The van der Waals surface area contributed by atoms with Gasteiger partial charge in [-0.3, -0.25) is 18.7 Å². The number of fused-ring (bicyclic) bond motifs is 6. The zero-order valence-electron chi connectivity index (χ0n) is 17.9. The van der Waals surface area contributed by atoms with E-state index in [4.69, 9.17) is 0 Å². The first-order valence-corrected chi connectivity index (χ1v) is 12.9. The Balaban J connectivity index is 1.16. The highest BCUT2D eigenvalue weighted by atomic mass is 32.2. The van der Waals surface area contributed by atoms with Gasteiger partial charge in [0.25, 0.3) is 0 Å². The molecular weight excluding hydrogens is 464 g/mol. The van der Waals surface area contributed by atoms with Crippen LogP contribution < -0.4 is 0 Å². The second kappa shape index (κ2) is 7.58. The number of para-hydroxylation sites is 4. The molecule has 0 saturated carbocycles. The van der Waals surface area contributed by atoms with Crippen LogP contribution in [0.15, 0.2) is 83.1 Å². The van der Waals surface area contributed by atoms with Crippen LogP contribution in [0, 0.1) is 0 Å². The maximum absolute atomic E-state index is 12.9. The molecule has 166 valence electrons. The fourth-order valence-corrected chi connectivity index (χ4v) is 7.24. The Morgan fingerprint density at radius 2 is 1.03 bits per heavy atom. The normalized spacial score (nSPS) is 20.0. The van der Waals surface area contributed by atoms with Gasteiger partial charge in [0, 0.05) is 23.3 Å². The van der Waals surface area contributed by atoms with E-state index >= 15 is 0 Å². The fourth-order valence-electron chi connectivity index (χ4n) is 4.78. The van der Waals surface area contributed by atoms with E-state index in [1.165, 1.54) is 0 Å². The van der Waals surface area contributed by atoms with Crippen molar-refractivity contribution < 1.29 is 9.59 Å². The lowest BCUT2D eigenvalue weighted by Crippen LogP contribution is -2.20. The second-order valence-electron chi connectivity index (χ2n) is 8.51. The molecule has 0 N–H and O–H groups in total. The SMILES string of the molecule is O=C1CC(c2ccc(C3CC(=O)n4c(nc5ccccc54)S3)cc2)Sc2nc3ccccc3n21. The minimum Gasteiger partial charge on any atom is -0.274 e. The number of benzene rings is 3. The van der Waals surface area contributed by atoms with Crippen molar-refractivity contribution in [2.24, 2.45) is 0 Å². The second-order valence-corrected chi connectivity index (χ2v) is 10.9. The maximum Gasteiger partial charge on any atom is 0.234 e. The van der Waals surface area contributed by atoms with Gasteiger partial charge in [0.1, 0.15) is 0 Å². The summed E-state index contributed by atoms with van der Waals surface area (Å²) in [5.41, 5.74) is 5.63. The van der Waals surface area contributed by atoms with Crippen molar-refractivity contribution in [3.8, 4) is 0 Å². The molecular formula is C26H18N4O2S2. The number of hydrogen-bond acceptors (Lipinski definition) is 6. The van der Waals surface area contributed by atoms with Crippen molar-refractivity contribution in [2.45, 2.75) is 33.7 Å². The van der Waals surface area contributed by atoms with Gasteiger partial charge in [-0.05, 0) is 35.4 Å². The highest BCUT2D eigenvalue weighted by molar-refractivity contribution is 7.99. The van der Waals surface area contributed by atoms with Crippen LogP contribution in [-0.2, 0) is 0 Å². The van der Waals surface area contributed by atoms with E-state index in [0.29, 0.717) is 12.8 Å². The average Bonchev–Trinajstić information content (AvgIpc) is 3.42. The molecule has 5 aromatic rings. The molecule has 2 aliphatic rings. The summed E-state index contributed by atoms with van der Waals surface area (Å²) in [6.45, 7) is 0. The molecule has 4 heterocycles. The van der Waals surface area contributed by atoms with Crippen molar-refractivity contribution in [3.63, 3.8) is 0 Å². The molecule has 0 fully saturated rings. The molecule has 34 heavy (non-hydrogen) atoms. The first-order valence-electron chi connectivity index (χ1n) is 11.1. The van der Waals surface area contributed by atoms with Gasteiger partial charge in [-0.2, -0.15) is 0 Å². The Morgan fingerprint density at radius 1 is 0.618 bits per heavy atom. The van der Waals surface area contributed by atoms with Gasteiger partial charge in [0.15, 0.2) is 10.3 Å². The topological polar surface area (TPSA) is 69.8 Å². The van der Waals surface area contributed by atoms with E-state index < -0.39 is 0 Å². The fraction of sp³-hybridized carbons (Fsp3) is 0.154. The van der Waals surface area contributed by atoms with Crippen LogP contribution >= 0.6 is 23.5 Å². The number of aromatic nitrogens is 4. The molecule has 8 heteroatoms. The summed E-state index contributed by atoms with van der Waals surface area (Å²) in [6, 6.07) is 23.8. The van der Waals surface area contributed by atoms with E-state index in [0.717, 1.165) is 43.5 Å². The molecule has 0 amide bonds. The summed E-state index contributed by atoms with van der Waals surface area (Å²) in [6.07, 6.45) is 0.857. The van der Waals surface area contributed by atoms with Gasteiger partial charge < -0.3 is 0 Å². The molecule has 3 aromatic carbocycles. The zero-order valence-corrected chi connectivity index (χ0v) is 19.6. The third-order valence-electron chi connectivity index (χ3n) is 6.45. The minimum atomic E-state index is 0.0238. The Bertz CT molecular complexity index is 1500.